The molecule has 0 aliphatic carbocycles. The van der Waals surface area contributed by atoms with E-state index in [1.165, 1.54) is 0 Å². The van der Waals surface area contributed by atoms with Crippen LogP contribution in [0.15, 0.2) is 58.3 Å². The molecule has 6 nitrogen and oxygen atoms in total. The zero-order chi connectivity index (χ0) is 16.7. The van der Waals surface area contributed by atoms with Crippen LogP contribution in [-0.4, -0.2) is 23.4 Å². The number of furan rings is 1. The molecule has 0 spiro atoms. The predicted octanol–water partition coefficient (Wildman–Crippen LogP) is 2.24. The van der Waals surface area contributed by atoms with Crippen LogP contribution in [0.25, 0.3) is 0 Å². The summed E-state index contributed by atoms with van der Waals surface area (Å²) in [5, 5.41) is 5.62. The third kappa shape index (κ3) is 2.46. The van der Waals surface area contributed by atoms with E-state index in [0.29, 0.717) is 24.4 Å². The van der Waals surface area contributed by atoms with Crippen LogP contribution in [0.1, 0.15) is 22.9 Å². The number of hydrogen-bond donors (Lipinski definition) is 2. The average molecular weight is 323 g/mol. The van der Waals surface area contributed by atoms with Crippen molar-refractivity contribution < 1.29 is 14.0 Å². The lowest BCUT2D eigenvalue weighted by Gasteiger charge is -2.25. The van der Waals surface area contributed by atoms with Gasteiger partial charge in [-0.1, -0.05) is 29.8 Å². The van der Waals surface area contributed by atoms with E-state index in [1.54, 1.807) is 17.2 Å². The summed E-state index contributed by atoms with van der Waals surface area (Å²) in [7, 11) is 0. The first-order valence-electron chi connectivity index (χ1n) is 7.80. The minimum absolute atomic E-state index is 0.0838. The fourth-order valence-electron chi connectivity index (χ4n) is 3.16. The first kappa shape index (κ1) is 14.6. The van der Waals surface area contributed by atoms with Crippen LogP contribution in [0, 0.1) is 6.92 Å². The van der Waals surface area contributed by atoms with Gasteiger partial charge in [0.05, 0.1) is 36.7 Å². The SMILES string of the molecule is Cc1ccc([C@H]2NC(=O)NC3=C2C(=O)N(Cc2ccco2)C3)cc1. The average Bonchev–Trinajstić information content (AvgIpc) is 3.17. The molecule has 6 heteroatoms. The van der Waals surface area contributed by atoms with Crippen molar-refractivity contribution >= 4 is 11.9 Å². The Morgan fingerprint density at radius 3 is 2.71 bits per heavy atom. The van der Waals surface area contributed by atoms with Gasteiger partial charge in [0, 0.05) is 0 Å². The summed E-state index contributed by atoms with van der Waals surface area (Å²) in [6.45, 7) is 2.77. The van der Waals surface area contributed by atoms with Crippen molar-refractivity contribution in [1.29, 1.82) is 0 Å². The van der Waals surface area contributed by atoms with Gasteiger partial charge >= 0.3 is 6.03 Å². The van der Waals surface area contributed by atoms with Crippen molar-refractivity contribution in [3.8, 4) is 0 Å². The molecule has 0 saturated heterocycles. The van der Waals surface area contributed by atoms with Gasteiger partial charge in [-0.05, 0) is 24.6 Å². The molecule has 0 radical (unpaired) electrons. The summed E-state index contributed by atoms with van der Waals surface area (Å²) in [6, 6.07) is 10.8. The maximum absolute atomic E-state index is 12.9. The minimum Gasteiger partial charge on any atom is -0.467 e. The van der Waals surface area contributed by atoms with Crippen molar-refractivity contribution in [2.24, 2.45) is 0 Å². The molecule has 1 atom stereocenters. The van der Waals surface area contributed by atoms with Crippen LogP contribution in [0.2, 0.25) is 0 Å². The van der Waals surface area contributed by atoms with Crippen molar-refractivity contribution in [3.05, 3.63) is 70.8 Å². The molecule has 1 aromatic carbocycles. The van der Waals surface area contributed by atoms with Gasteiger partial charge in [-0.15, -0.1) is 0 Å². The lowest BCUT2D eigenvalue weighted by molar-refractivity contribution is -0.126. The quantitative estimate of drug-likeness (QED) is 0.909. The number of carbonyl (C=O) groups excluding carboxylic acids is 2. The Balaban J connectivity index is 1.64. The highest BCUT2D eigenvalue weighted by molar-refractivity contribution is 6.01. The molecular formula is C18H17N3O3. The lowest BCUT2D eigenvalue weighted by atomic mass is 9.95. The zero-order valence-electron chi connectivity index (χ0n) is 13.2. The normalized spacial score (nSPS) is 20.0. The second-order valence-corrected chi connectivity index (χ2v) is 6.07. The van der Waals surface area contributed by atoms with Crippen molar-refractivity contribution in [2.45, 2.75) is 19.5 Å². The molecule has 2 aliphatic heterocycles. The molecule has 24 heavy (non-hydrogen) atoms. The predicted molar refractivity (Wildman–Crippen MR) is 86.7 cm³/mol. The Morgan fingerprint density at radius 2 is 2.00 bits per heavy atom. The van der Waals surface area contributed by atoms with E-state index in [1.807, 2.05) is 37.3 Å². The van der Waals surface area contributed by atoms with Crippen LogP contribution in [-0.2, 0) is 11.3 Å². The van der Waals surface area contributed by atoms with Gasteiger partial charge < -0.3 is 20.0 Å². The van der Waals surface area contributed by atoms with Gasteiger partial charge in [0.15, 0.2) is 0 Å². The fourth-order valence-corrected chi connectivity index (χ4v) is 3.16. The molecule has 2 aromatic rings. The maximum Gasteiger partial charge on any atom is 0.319 e. The summed E-state index contributed by atoms with van der Waals surface area (Å²) >= 11 is 0. The molecule has 0 fully saturated rings. The van der Waals surface area contributed by atoms with Gasteiger partial charge in [0.1, 0.15) is 5.76 Å². The second-order valence-electron chi connectivity index (χ2n) is 6.07. The van der Waals surface area contributed by atoms with Crippen LogP contribution < -0.4 is 10.6 Å². The van der Waals surface area contributed by atoms with Gasteiger partial charge in [0.25, 0.3) is 5.91 Å². The number of nitrogens with one attached hydrogen (secondary N) is 2. The molecule has 0 bridgehead atoms. The molecule has 4 rings (SSSR count). The molecule has 122 valence electrons. The highest BCUT2D eigenvalue weighted by Crippen LogP contribution is 2.33. The van der Waals surface area contributed by atoms with Crippen LogP contribution in [0.3, 0.4) is 0 Å². The monoisotopic (exact) mass is 323 g/mol. The highest BCUT2D eigenvalue weighted by Gasteiger charge is 2.40. The molecule has 0 saturated carbocycles. The summed E-state index contributed by atoms with van der Waals surface area (Å²) in [4.78, 5) is 26.5. The minimum atomic E-state index is -0.427. The third-order valence-electron chi connectivity index (χ3n) is 4.36. The topological polar surface area (TPSA) is 74.6 Å². The van der Waals surface area contributed by atoms with E-state index < -0.39 is 6.04 Å². The van der Waals surface area contributed by atoms with E-state index in [2.05, 4.69) is 10.6 Å². The van der Waals surface area contributed by atoms with Crippen molar-refractivity contribution in [1.82, 2.24) is 15.5 Å². The Morgan fingerprint density at radius 1 is 1.21 bits per heavy atom. The summed E-state index contributed by atoms with van der Waals surface area (Å²) in [5.74, 6) is 0.633. The molecule has 3 amide bonds. The number of carbonyl (C=O) groups is 2. The summed E-state index contributed by atoms with van der Waals surface area (Å²) in [6.07, 6.45) is 1.58. The Hall–Kier alpha value is -3.02. The van der Waals surface area contributed by atoms with Crippen molar-refractivity contribution in [3.63, 3.8) is 0 Å². The van der Waals surface area contributed by atoms with E-state index in [9.17, 15) is 9.59 Å². The maximum atomic E-state index is 12.9. The number of amides is 3. The van der Waals surface area contributed by atoms with Crippen LogP contribution in [0.4, 0.5) is 4.79 Å². The molecular weight excluding hydrogens is 306 g/mol. The largest absolute Gasteiger partial charge is 0.467 e. The fraction of sp³-hybridized carbons (Fsp3) is 0.222. The molecule has 1 aromatic heterocycles. The number of urea groups is 1. The number of hydrogen-bond acceptors (Lipinski definition) is 3. The smallest absolute Gasteiger partial charge is 0.319 e. The lowest BCUT2D eigenvalue weighted by Crippen LogP contribution is -2.44. The number of benzene rings is 1. The summed E-state index contributed by atoms with van der Waals surface area (Å²) in [5.41, 5.74) is 3.30. The van der Waals surface area contributed by atoms with Gasteiger partial charge in [-0.25, -0.2) is 4.79 Å². The van der Waals surface area contributed by atoms with E-state index >= 15 is 0 Å². The number of nitrogens with zero attached hydrogens (tertiary/aromatic N) is 1. The van der Waals surface area contributed by atoms with Gasteiger partial charge in [0.2, 0.25) is 0 Å². The molecule has 2 N–H and O–H groups in total. The van der Waals surface area contributed by atoms with E-state index in [4.69, 9.17) is 4.42 Å². The Labute approximate surface area is 139 Å². The second kappa shape index (κ2) is 5.56. The van der Waals surface area contributed by atoms with E-state index in [0.717, 1.165) is 16.9 Å². The molecule has 3 heterocycles. The molecule has 2 aliphatic rings. The van der Waals surface area contributed by atoms with E-state index in [-0.39, 0.29) is 11.9 Å². The number of aryl methyl sites for hydroxylation is 1. The standard InChI is InChI=1S/C18H17N3O3/c1-11-4-6-12(7-5-11)16-15-14(19-18(23)20-16)10-21(17(15)22)9-13-3-2-8-24-13/h2-8,16H,9-10H2,1H3,(H2,19,20,23)/t16-/m1/s1. The Bertz CT molecular complexity index is 822. The van der Waals surface area contributed by atoms with Gasteiger partial charge in [-0.3, -0.25) is 4.79 Å². The van der Waals surface area contributed by atoms with Crippen molar-refractivity contribution in [2.75, 3.05) is 6.54 Å². The highest BCUT2D eigenvalue weighted by atomic mass is 16.3. The first-order chi connectivity index (χ1) is 11.6. The summed E-state index contributed by atoms with van der Waals surface area (Å²) < 4.78 is 5.33. The van der Waals surface area contributed by atoms with Crippen LogP contribution >= 0.6 is 0 Å². The molecule has 0 unspecified atom stereocenters. The van der Waals surface area contributed by atoms with Crippen LogP contribution in [0.5, 0.6) is 0 Å². The Kier molecular flexibility index (Phi) is 3.37. The zero-order valence-corrected chi connectivity index (χ0v) is 13.2. The number of rotatable bonds is 3. The first-order valence-corrected chi connectivity index (χ1v) is 7.80. The third-order valence-corrected chi connectivity index (χ3v) is 4.36. The van der Waals surface area contributed by atoms with Gasteiger partial charge in [-0.2, -0.15) is 0 Å².